The summed E-state index contributed by atoms with van der Waals surface area (Å²) in [6.07, 6.45) is 0.716. The van der Waals surface area contributed by atoms with Crippen LogP contribution in [0.4, 0.5) is 0 Å². The molecular weight excluding hydrogens is 182 g/mol. The molecule has 0 radical (unpaired) electrons. The molecule has 0 aromatic carbocycles. The minimum Gasteiger partial charge on any atom is -0.495 e. The lowest BCUT2D eigenvalue weighted by Crippen LogP contribution is -2.06. The van der Waals surface area contributed by atoms with Gasteiger partial charge in [0.25, 0.3) is 0 Å². The van der Waals surface area contributed by atoms with Crippen LogP contribution >= 0.6 is 0 Å². The molecule has 0 bridgehead atoms. The number of hydrogen-bond donors (Lipinski definition) is 0. The van der Waals surface area contributed by atoms with Crippen molar-refractivity contribution >= 4 is 5.97 Å². The Hall–Kier alpha value is -1.58. The van der Waals surface area contributed by atoms with Crippen molar-refractivity contribution in [3.05, 3.63) is 23.5 Å². The summed E-state index contributed by atoms with van der Waals surface area (Å²) < 4.78 is 9.66. The SMILES string of the molecule is CCc1nc(C(=O)OC)ccc1OC. The van der Waals surface area contributed by atoms with Crippen LogP contribution < -0.4 is 4.74 Å². The zero-order valence-electron chi connectivity index (χ0n) is 8.53. The third-order valence-electron chi connectivity index (χ3n) is 1.88. The maximum absolute atomic E-state index is 11.2. The van der Waals surface area contributed by atoms with E-state index in [1.807, 2.05) is 6.92 Å². The molecule has 0 saturated carbocycles. The number of methoxy groups -OCH3 is 2. The molecule has 0 aliphatic carbocycles. The van der Waals surface area contributed by atoms with E-state index >= 15 is 0 Å². The van der Waals surface area contributed by atoms with Gasteiger partial charge in [-0.05, 0) is 18.6 Å². The molecule has 0 aliphatic heterocycles. The molecular formula is C10H13NO3. The zero-order chi connectivity index (χ0) is 10.6. The average molecular weight is 195 g/mol. The summed E-state index contributed by atoms with van der Waals surface area (Å²) >= 11 is 0. The minimum absolute atomic E-state index is 0.310. The predicted molar refractivity (Wildman–Crippen MR) is 51.5 cm³/mol. The Labute approximate surface area is 82.9 Å². The Kier molecular flexibility index (Phi) is 3.45. The van der Waals surface area contributed by atoms with E-state index < -0.39 is 5.97 Å². The van der Waals surface area contributed by atoms with Crippen molar-refractivity contribution in [3.8, 4) is 5.75 Å². The van der Waals surface area contributed by atoms with E-state index in [9.17, 15) is 4.79 Å². The number of esters is 1. The van der Waals surface area contributed by atoms with Crippen LogP contribution in [-0.4, -0.2) is 25.2 Å². The van der Waals surface area contributed by atoms with Crippen molar-refractivity contribution in [3.63, 3.8) is 0 Å². The highest BCUT2D eigenvalue weighted by atomic mass is 16.5. The molecule has 14 heavy (non-hydrogen) atoms. The molecule has 0 fully saturated rings. The monoisotopic (exact) mass is 195 g/mol. The number of aromatic nitrogens is 1. The summed E-state index contributed by atoms with van der Waals surface area (Å²) in [5.74, 6) is 0.266. The van der Waals surface area contributed by atoms with Crippen LogP contribution in [0.1, 0.15) is 23.1 Å². The van der Waals surface area contributed by atoms with Gasteiger partial charge in [-0.3, -0.25) is 0 Å². The molecule has 4 nitrogen and oxygen atoms in total. The van der Waals surface area contributed by atoms with E-state index in [1.54, 1.807) is 19.2 Å². The van der Waals surface area contributed by atoms with Gasteiger partial charge >= 0.3 is 5.97 Å². The summed E-state index contributed by atoms with van der Waals surface area (Å²) in [5.41, 5.74) is 1.07. The number of ether oxygens (including phenoxy) is 2. The van der Waals surface area contributed by atoms with E-state index in [4.69, 9.17) is 4.74 Å². The highest BCUT2D eigenvalue weighted by Crippen LogP contribution is 2.17. The molecule has 0 saturated heterocycles. The van der Waals surface area contributed by atoms with Crippen molar-refractivity contribution in [1.29, 1.82) is 0 Å². The van der Waals surface area contributed by atoms with Crippen LogP contribution in [0.3, 0.4) is 0 Å². The van der Waals surface area contributed by atoms with Gasteiger partial charge in [0, 0.05) is 0 Å². The first-order valence-electron chi connectivity index (χ1n) is 4.35. The van der Waals surface area contributed by atoms with Gasteiger partial charge < -0.3 is 9.47 Å². The molecule has 0 spiro atoms. The highest BCUT2D eigenvalue weighted by molar-refractivity contribution is 5.87. The van der Waals surface area contributed by atoms with E-state index in [0.29, 0.717) is 17.9 Å². The number of hydrogen-bond acceptors (Lipinski definition) is 4. The Balaban J connectivity index is 3.07. The van der Waals surface area contributed by atoms with Crippen molar-refractivity contribution < 1.29 is 14.3 Å². The molecule has 0 aliphatic rings. The number of carbonyl (C=O) groups excluding carboxylic acids is 1. The third kappa shape index (κ3) is 2.02. The average Bonchev–Trinajstić information content (AvgIpc) is 2.26. The van der Waals surface area contributed by atoms with Gasteiger partial charge in [0.2, 0.25) is 0 Å². The Morgan fingerprint density at radius 3 is 2.64 bits per heavy atom. The maximum Gasteiger partial charge on any atom is 0.356 e. The molecule has 1 aromatic rings. The van der Waals surface area contributed by atoms with Crippen LogP contribution in [0.5, 0.6) is 5.75 Å². The second-order valence-electron chi connectivity index (χ2n) is 2.69. The Bertz CT molecular complexity index is 336. The second-order valence-corrected chi connectivity index (χ2v) is 2.69. The lowest BCUT2D eigenvalue weighted by Gasteiger charge is -2.06. The summed E-state index contributed by atoms with van der Waals surface area (Å²) in [6, 6.07) is 3.31. The predicted octanol–water partition coefficient (Wildman–Crippen LogP) is 1.44. The van der Waals surface area contributed by atoms with Gasteiger partial charge in [0.15, 0.2) is 0 Å². The highest BCUT2D eigenvalue weighted by Gasteiger charge is 2.10. The van der Waals surface area contributed by atoms with Gasteiger partial charge in [-0.2, -0.15) is 0 Å². The summed E-state index contributed by atoms with van der Waals surface area (Å²) in [4.78, 5) is 15.3. The summed E-state index contributed by atoms with van der Waals surface area (Å²) in [7, 11) is 2.91. The zero-order valence-corrected chi connectivity index (χ0v) is 8.53. The minimum atomic E-state index is -0.428. The largest absolute Gasteiger partial charge is 0.495 e. The van der Waals surface area contributed by atoms with E-state index in [-0.39, 0.29) is 0 Å². The fourth-order valence-corrected chi connectivity index (χ4v) is 1.15. The van der Waals surface area contributed by atoms with Crippen LogP contribution in [0.25, 0.3) is 0 Å². The molecule has 4 heteroatoms. The Morgan fingerprint density at radius 1 is 1.43 bits per heavy atom. The van der Waals surface area contributed by atoms with Crippen LogP contribution in [0, 0.1) is 0 Å². The number of nitrogens with zero attached hydrogens (tertiary/aromatic N) is 1. The molecule has 0 atom stereocenters. The van der Waals surface area contributed by atoms with Crippen LogP contribution in [-0.2, 0) is 11.2 Å². The fraction of sp³-hybridized carbons (Fsp3) is 0.400. The van der Waals surface area contributed by atoms with E-state index in [1.165, 1.54) is 7.11 Å². The molecule has 0 amide bonds. The summed E-state index contributed by atoms with van der Waals surface area (Å²) in [6.45, 7) is 1.95. The van der Waals surface area contributed by atoms with Gasteiger partial charge in [0.05, 0.1) is 19.9 Å². The second kappa shape index (κ2) is 4.60. The first kappa shape index (κ1) is 10.5. The standard InChI is InChI=1S/C10H13NO3/c1-4-7-9(13-2)6-5-8(11-7)10(12)14-3/h5-6H,4H2,1-3H3. The number of aryl methyl sites for hydroxylation is 1. The van der Waals surface area contributed by atoms with Gasteiger partial charge in [-0.25, -0.2) is 9.78 Å². The number of pyridine rings is 1. The van der Waals surface area contributed by atoms with Crippen molar-refractivity contribution in [2.24, 2.45) is 0 Å². The van der Waals surface area contributed by atoms with Crippen molar-refractivity contribution in [2.45, 2.75) is 13.3 Å². The van der Waals surface area contributed by atoms with Gasteiger partial charge in [0.1, 0.15) is 11.4 Å². The molecule has 1 heterocycles. The lowest BCUT2D eigenvalue weighted by atomic mass is 10.2. The summed E-state index contributed by atoms with van der Waals surface area (Å²) in [5, 5.41) is 0. The van der Waals surface area contributed by atoms with E-state index in [2.05, 4.69) is 9.72 Å². The fourth-order valence-electron chi connectivity index (χ4n) is 1.15. The van der Waals surface area contributed by atoms with Gasteiger partial charge in [-0.15, -0.1) is 0 Å². The lowest BCUT2D eigenvalue weighted by molar-refractivity contribution is 0.0593. The topological polar surface area (TPSA) is 48.4 Å². The molecule has 76 valence electrons. The molecule has 1 rings (SSSR count). The quantitative estimate of drug-likeness (QED) is 0.685. The molecule has 0 unspecified atom stereocenters. The number of rotatable bonds is 3. The third-order valence-corrected chi connectivity index (χ3v) is 1.88. The van der Waals surface area contributed by atoms with Crippen molar-refractivity contribution in [2.75, 3.05) is 14.2 Å². The maximum atomic E-state index is 11.2. The van der Waals surface area contributed by atoms with Crippen LogP contribution in [0.2, 0.25) is 0 Å². The Morgan fingerprint density at radius 2 is 2.14 bits per heavy atom. The first-order chi connectivity index (χ1) is 6.72. The smallest absolute Gasteiger partial charge is 0.356 e. The molecule has 0 N–H and O–H groups in total. The molecule has 1 aromatic heterocycles. The van der Waals surface area contributed by atoms with Crippen molar-refractivity contribution in [1.82, 2.24) is 4.98 Å². The first-order valence-corrected chi connectivity index (χ1v) is 4.35. The van der Waals surface area contributed by atoms with E-state index in [0.717, 1.165) is 5.69 Å². The van der Waals surface area contributed by atoms with Crippen LogP contribution in [0.15, 0.2) is 12.1 Å². The normalized spacial score (nSPS) is 9.64. The number of carbonyl (C=O) groups is 1. The van der Waals surface area contributed by atoms with Gasteiger partial charge in [-0.1, -0.05) is 6.92 Å².